The smallest absolute Gasteiger partial charge is 0.306 e. The average Bonchev–Trinajstić information content (AvgIpc) is 3.29. The molecule has 0 radical (unpaired) electrons. The van der Waals surface area contributed by atoms with Crippen LogP contribution in [0, 0.1) is 0 Å². The number of allylic oxidation sites excluding steroid dienone is 22. The van der Waals surface area contributed by atoms with Crippen LogP contribution < -0.4 is 0 Å². The van der Waals surface area contributed by atoms with Crippen LogP contribution in [0.5, 0.6) is 0 Å². The standard InChI is InChI=1S/C58H90O6/c1-4-7-10-13-16-19-21-23-25-27-29-31-32-34-36-39-42-45-48-51-57(60)63-54-55(53-62-56(59)50-47-44-41-38-18-15-12-9-6-3)64-58(61)52-49-46-43-40-37-35-33-30-28-26-24-22-20-17-14-11-8-5-2/h7,10-11,14,16-17,19-20,22-26,28-31,33-34,36,42,45,55H,4-6,8-9,12-13,15,18,21,27,32,35,37-41,43-44,46-54H2,1-3H3/b10-7-,14-11-,19-16-,20-17-,24-22-,25-23-,28-26-,31-29-,33-30-,36-34-,45-42-. The Balaban J connectivity index is 4.54. The first-order valence-electron chi connectivity index (χ1n) is 25.3. The summed E-state index contributed by atoms with van der Waals surface area (Å²) >= 11 is 0. The van der Waals surface area contributed by atoms with Crippen molar-refractivity contribution >= 4 is 17.9 Å². The highest BCUT2D eigenvalue weighted by Crippen LogP contribution is 2.13. The molecule has 1 atom stereocenters. The molecule has 0 aliphatic heterocycles. The average molecular weight is 883 g/mol. The van der Waals surface area contributed by atoms with Gasteiger partial charge in [-0.25, -0.2) is 0 Å². The quantitative estimate of drug-likeness (QED) is 0.0200. The van der Waals surface area contributed by atoms with Crippen LogP contribution in [0.15, 0.2) is 134 Å². The number of hydrogen-bond acceptors (Lipinski definition) is 6. The van der Waals surface area contributed by atoms with E-state index in [4.69, 9.17) is 14.2 Å². The Kier molecular flexibility index (Phi) is 47.6. The highest BCUT2D eigenvalue weighted by molar-refractivity contribution is 5.71. The molecule has 64 heavy (non-hydrogen) atoms. The van der Waals surface area contributed by atoms with Gasteiger partial charge in [-0.1, -0.05) is 231 Å². The summed E-state index contributed by atoms with van der Waals surface area (Å²) in [6, 6.07) is 0. The molecule has 0 rings (SSSR count). The maximum atomic E-state index is 12.8. The fourth-order valence-electron chi connectivity index (χ4n) is 6.26. The number of rotatable bonds is 43. The third-order valence-electron chi connectivity index (χ3n) is 10.0. The van der Waals surface area contributed by atoms with Gasteiger partial charge in [-0.3, -0.25) is 14.4 Å². The van der Waals surface area contributed by atoms with Crippen LogP contribution in [0.2, 0.25) is 0 Å². The van der Waals surface area contributed by atoms with E-state index >= 15 is 0 Å². The molecular weight excluding hydrogens is 793 g/mol. The fourth-order valence-corrected chi connectivity index (χ4v) is 6.26. The maximum Gasteiger partial charge on any atom is 0.306 e. The van der Waals surface area contributed by atoms with Crippen molar-refractivity contribution < 1.29 is 28.6 Å². The summed E-state index contributed by atoms with van der Waals surface area (Å²) in [5, 5.41) is 0. The maximum absolute atomic E-state index is 12.8. The molecule has 1 unspecified atom stereocenters. The van der Waals surface area contributed by atoms with Crippen molar-refractivity contribution in [1.82, 2.24) is 0 Å². The Morgan fingerprint density at radius 1 is 0.344 bits per heavy atom. The largest absolute Gasteiger partial charge is 0.462 e. The van der Waals surface area contributed by atoms with Gasteiger partial charge in [0.05, 0.1) is 0 Å². The molecule has 0 saturated carbocycles. The van der Waals surface area contributed by atoms with Gasteiger partial charge in [-0.05, 0) is 77.0 Å². The molecule has 0 aromatic rings. The topological polar surface area (TPSA) is 78.9 Å². The molecule has 0 aromatic carbocycles. The number of carbonyl (C=O) groups is 3. The van der Waals surface area contributed by atoms with Crippen molar-refractivity contribution in [2.75, 3.05) is 13.2 Å². The minimum Gasteiger partial charge on any atom is -0.462 e. The number of carbonyl (C=O) groups excluding carboxylic acids is 3. The third kappa shape index (κ3) is 48.6. The molecule has 358 valence electrons. The molecule has 6 heteroatoms. The van der Waals surface area contributed by atoms with Crippen LogP contribution in [0.25, 0.3) is 0 Å². The minimum absolute atomic E-state index is 0.116. The van der Waals surface area contributed by atoms with Gasteiger partial charge in [0.15, 0.2) is 6.10 Å². The first-order chi connectivity index (χ1) is 31.5. The Bertz CT molecular complexity index is 1430. The minimum atomic E-state index is -0.824. The van der Waals surface area contributed by atoms with Gasteiger partial charge in [0, 0.05) is 19.3 Å². The van der Waals surface area contributed by atoms with Crippen LogP contribution in [0.3, 0.4) is 0 Å². The molecule has 0 N–H and O–H groups in total. The lowest BCUT2D eigenvalue weighted by molar-refractivity contribution is -0.166. The van der Waals surface area contributed by atoms with Crippen LogP contribution in [-0.2, 0) is 28.6 Å². The predicted octanol–water partition coefficient (Wildman–Crippen LogP) is 16.7. The van der Waals surface area contributed by atoms with Crippen molar-refractivity contribution in [3.8, 4) is 0 Å². The van der Waals surface area contributed by atoms with Gasteiger partial charge in [0.2, 0.25) is 0 Å². The van der Waals surface area contributed by atoms with E-state index in [0.29, 0.717) is 12.8 Å². The van der Waals surface area contributed by atoms with Crippen LogP contribution in [0.4, 0.5) is 0 Å². The van der Waals surface area contributed by atoms with Crippen molar-refractivity contribution in [2.45, 2.75) is 200 Å². The number of ether oxygens (including phenoxy) is 3. The van der Waals surface area contributed by atoms with Crippen LogP contribution in [-0.4, -0.2) is 37.2 Å². The van der Waals surface area contributed by atoms with E-state index in [2.05, 4.69) is 106 Å². The summed E-state index contributed by atoms with van der Waals surface area (Å²) in [5.41, 5.74) is 0. The summed E-state index contributed by atoms with van der Waals surface area (Å²) in [4.78, 5) is 37.9. The van der Waals surface area contributed by atoms with E-state index in [-0.39, 0.29) is 44.0 Å². The van der Waals surface area contributed by atoms with Crippen molar-refractivity contribution in [3.05, 3.63) is 134 Å². The zero-order valence-corrected chi connectivity index (χ0v) is 40.7. The van der Waals surface area contributed by atoms with E-state index < -0.39 is 6.10 Å². The molecule has 0 aromatic heterocycles. The van der Waals surface area contributed by atoms with Crippen molar-refractivity contribution in [3.63, 3.8) is 0 Å². The molecule has 0 bridgehead atoms. The molecule has 0 heterocycles. The summed E-state index contributed by atoms with van der Waals surface area (Å²) in [6.07, 6.45) is 71.6. The predicted molar refractivity (Wildman–Crippen MR) is 274 cm³/mol. The van der Waals surface area contributed by atoms with Crippen LogP contribution in [0.1, 0.15) is 194 Å². The highest BCUT2D eigenvalue weighted by atomic mass is 16.6. The molecule has 6 nitrogen and oxygen atoms in total. The Hall–Kier alpha value is -4.45. The first-order valence-corrected chi connectivity index (χ1v) is 25.3. The second kappa shape index (κ2) is 51.2. The number of hydrogen-bond donors (Lipinski definition) is 0. The number of esters is 3. The molecule has 0 fully saturated rings. The van der Waals surface area contributed by atoms with E-state index in [1.165, 1.54) is 44.9 Å². The van der Waals surface area contributed by atoms with Crippen molar-refractivity contribution in [1.29, 1.82) is 0 Å². The monoisotopic (exact) mass is 883 g/mol. The Labute approximate surface area is 392 Å². The SMILES string of the molecule is CC/C=C\C/C=C\C/C=C\C/C=C\C/C=C\C/C=C\CCC(=O)OCC(COC(=O)CCCCCCCCCCC)OC(=O)CCCCCCC\C=C/C=C\C=C/C=C\C=C/CCC. The summed E-state index contributed by atoms with van der Waals surface area (Å²) < 4.78 is 16.7. The zero-order chi connectivity index (χ0) is 46.5. The van der Waals surface area contributed by atoms with E-state index in [9.17, 15) is 14.4 Å². The Morgan fingerprint density at radius 3 is 1.22 bits per heavy atom. The summed E-state index contributed by atoms with van der Waals surface area (Å²) in [7, 11) is 0. The normalized spacial score (nSPS) is 13.2. The molecule has 0 aliphatic rings. The summed E-state index contributed by atoms with van der Waals surface area (Å²) in [6.45, 7) is 6.30. The lowest BCUT2D eigenvalue weighted by Gasteiger charge is -2.18. The van der Waals surface area contributed by atoms with E-state index in [0.717, 1.165) is 103 Å². The van der Waals surface area contributed by atoms with Gasteiger partial charge in [0.25, 0.3) is 0 Å². The van der Waals surface area contributed by atoms with Gasteiger partial charge in [-0.15, -0.1) is 0 Å². The lowest BCUT2D eigenvalue weighted by atomic mass is 10.1. The lowest BCUT2D eigenvalue weighted by Crippen LogP contribution is -2.30. The number of unbranched alkanes of at least 4 members (excludes halogenated alkanes) is 14. The molecule has 0 saturated heterocycles. The molecular formula is C58H90O6. The van der Waals surface area contributed by atoms with E-state index in [1.54, 1.807) is 0 Å². The highest BCUT2D eigenvalue weighted by Gasteiger charge is 2.19. The Morgan fingerprint density at radius 2 is 0.734 bits per heavy atom. The third-order valence-corrected chi connectivity index (χ3v) is 10.0. The van der Waals surface area contributed by atoms with Crippen molar-refractivity contribution in [2.24, 2.45) is 0 Å². The van der Waals surface area contributed by atoms with Gasteiger partial charge in [0.1, 0.15) is 13.2 Å². The first kappa shape index (κ1) is 59.5. The van der Waals surface area contributed by atoms with Crippen LogP contribution >= 0.6 is 0 Å². The second-order valence-electron chi connectivity index (χ2n) is 16.1. The van der Waals surface area contributed by atoms with E-state index in [1.807, 2.05) is 48.6 Å². The van der Waals surface area contributed by atoms with Gasteiger partial charge < -0.3 is 14.2 Å². The summed E-state index contributed by atoms with van der Waals surface area (Å²) in [5.74, 6) is -1.04. The molecule has 0 aliphatic carbocycles. The second-order valence-corrected chi connectivity index (χ2v) is 16.1. The van der Waals surface area contributed by atoms with Gasteiger partial charge in [-0.2, -0.15) is 0 Å². The zero-order valence-electron chi connectivity index (χ0n) is 40.7. The molecule has 0 amide bonds. The fraction of sp³-hybridized carbons (Fsp3) is 0.569. The molecule has 0 spiro atoms. The van der Waals surface area contributed by atoms with Gasteiger partial charge >= 0.3 is 17.9 Å².